The summed E-state index contributed by atoms with van der Waals surface area (Å²) in [5.41, 5.74) is 2.55. The van der Waals surface area contributed by atoms with Crippen molar-refractivity contribution in [1.29, 1.82) is 0 Å². The Morgan fingerprint density at radius 3 is 2.76 bits per heavy atom. The second-order valence-corrected chi connectivity index (χ2v) is 7.38. The predicted molar refractivity (Wildman–Crippen MR) is 90.6 cm³/mol. The van der Waals surface area contributed by atoms with Crippen molar-refractivity contribution >= 4 is 5.82 Å². The highest BCUT2D eigenvalue weighted by molar-refractivity contribution is 5.54. The number of aromatic nitrogens is 4. The van der Waals surface area contributed by atoms with Gasteiger partial charge in [-0.3, -0.25) is 0 Å². The van der Waals surface area contributed by atoms with Gasteiger partial charge in [0.05, 0.1) is 6.10 Å². The second kappa shape index (κ2) is 5.76. The molecule has 2 fully saturated rings. The van der Waals surface area contributed by atoms with Gasteiger partial charge in [0.1, 0.15) is 17.7 Å². The fourth-order valence-electron chi connectivity index (χ4n) is 4.08. The number of hydrogen-bond donors (Lipinski definition) is 0. The molecule has 2 aromatic rings. The monoisotopic (exact) mass is 341 g/mol. The minimum Gasteiger partial charge on any atom is -0.423 e. The van der Waals surface area contributed by atoms with Crippen molar-refractivity contribution in [3.8, 4) is 0 Å². The van der Waals surface area contributed by atoms with E-state index >= 15 is 0 Å². The van der Waals surface area contributed by atoms with Gasteiger partial charge in [0.25, 0.3) is 0 Å². The molecule has 5 rings (SSSR count). The first kappa shape index (κ1) is 15.3. The molecule has 0 spiro atoms. The fourth-order valence-corrected chi connectivity index (χ4v) is 4.08. The van der Waals surface area contributed by atoms with Crippen LogP contribution in [0.15, 0.2) is 4.42 Å². The van der Waals surface area contributed by atoms with Gasteiger partial charge >= 0.3 is 0 Å². The molecular formula is C18H23N5O2. The van der Waals surface area contributed by atoms with Crippen molar-refractivity contribution in [2.24, 2.45) is 0 Å². The third-order valence-electron chi connectivity index (χ3n) is 5.57. The van der Waals surface area contributed by atoms with Crippen molar-refractivity contribution < 1.29 is 9.15 Å². The molecule has 0 N–H and O–H groups in total. The van der Waals surface area contributed by atoms with Crippen LogP contribution >= 0.6 is 0 Å². The average molecular weight is 341 g/mol. The average Bonchev–Trinajstić information content (AvgIpc) is 3.03. The van der Waals surface area contributed by atoms with Gasteiger partial charge in [-0.05, 0) is 32.1 Å². The molecule has 3 aliphatic rings. The van der Waals surface area contributed by atoms with Crippen LogP contribution in [0.2, 0.25) is 0 Å². The maximum Gasteiger partial charge on any atom is 0.238 e. The van der Waals surface area contributed by atoms with Crippen LogP contribution in [0, 0.1) is 6.92 Å². The van der Waals surface area contributed by atoms with Gasteiger partial charge in [0, 0.05) is 44.2 Å². The molecule has 25 heavy (non-hydrogen) atoms. The lowest BCUT2D eigenvalue weighted by atomic mass is 10.1. The van der Waals surface area contributed by atoms with E-state index in [2.05, 4.69) is 15.1 Å². The topological polar surface area (TPSA) is 77.2 Å². The first-order chi connectivity index (χ1) is 12.2. The Hall–Kier alpha value is -2.02. The van der Waals surface area contributed by atoms with Crippen molar-refractivity contribution in [3.63, 3.8) is 0 Å². The summed E-state index contributed by atoms with van der Waals surface area (Å²) in [6.07, 6.45) is 6.70. The minimum atomic E-state index is 0.0257. The Balaban J connectivity index is 1.58. The Labute approximate surface area is 146 Å². The normalized spacial score (nSPS) is 25.6. The molecule has 0 unspecified atom stereocenters. The lowest BCUT2D eigenvalue weighted by Gasteiger charge is -2.25. The van der Waals surface area contributed by atoms with Gasteiger partial charge in [-0.15, -0.1) is 10.2 Å². The largest absolute Gasteiger partial charge is 0.423 e. The van der Waals surface area contributed by atoms with Crippen molar-refractivity contribution in [1.82, 2.24) is 20.2 Å². The van der Waals surface area contributed by atoms with E-state index in [4.69, 9.17) is 19.1 Å². The number of fused-ring (bicyclic) bond motifs is 1. The SMILES string of the molecule is CO[C@@H]1C[C@H](c2nnc(C)o2)N(c2nc(C3CC3)nc3c2CCC3)C1. The number of methoxy groups -OCH3 is 1. The Kier molecular flexibility index (Phi) is 3.51. The van der Waals surface area contributed by atoms with E-state index in [9.17, 15) is 0 Å². The fraction of sp³-hybridized carbons (Fsp3) is 0.667. The van der Waals surface area contributed by atoms with Gasteiger partial charge in [0.2, 0.25) is 11.8 Å². The number of aryl methyl sites for hydroxylation is 2. The lowest BCUT2D eigenvalue weighted by molar-refractivity contribution is 0.117. The molecule has 3 heterocycles. The molecule has 0 radical (unpaired) electrons. The van der Waals surface area contributed by atoms with Crippen LogP contribution < -0.4 is 4.90 Å². The summed E-state index contributed by atoms with van der Waals surface area (Å²) in [6, 6.07) is 0.0257. The van der Waals surface area contributed by atoms with Crippen LogP contribution in [-0.4, -0.2) is 39.9 Å². The molecule has 1 saturated carbocycles. The first-order valence-corrected chi connectivity index (χ1v) is 9.22. The molecule has 2 aliphatic carbocycles. The summed E-state index contributed by atoms with van der Waals surface area (Å²) >= 11 is 0. The molecule has 132 valence electrons. The first-order valence-electron chi connectivity index (χ1n) is 9.22. The molecule has 2 atom stereocenters. The molecule has 0 aromatic carbocycles. The summed E-state index contributed by atoms with van der Waals surface area (Å²) in [7, 11) is 1.77. The number of anilines is 1. The van der Waals surface area contributed by atoms with E-state index < -0.39 is 0 Å². The zero-order valence-corrected chi connectivity index (χ0v) is 14.7. The van der Waals surface area contributed by atoms with Crippen LogP contribution in [-0.2, 0) is 17.6 Å². The van der Waals surface area contributed by atoms with Crippen LogP contribution in [0.1, 0.15) is 66.5 Å². The third-order valence-corrected chi connectivity index (χ3v) is 5.57. The Bertz CT molecular complexity index is 801. The number of nitrogens with zero attached hydrogens (tertiary/aromatic N) is 5. The molecule has 0 amide bonds. The highest BCUT2D eigenvalue weighted by Crippen LogP contribution is 2.43. The van der Waals surface area contributed by atoms with E-state index in [1.807, 2.05) is 6.92 Å². The van der Waals surface area contributed by atoms with Crippen molar-refractivity contribution in [3.05, 3.63) is 28.9 Å². The van der Waals surface area contributed by atoms with E-state index in [1.165, 1.54) is 24.1 Å². The van der Waals surface area contributed by atoms with Crippen molar-refractivity contribution in [2.75, 3.05) is 18.6 Å². The Morgan fingerprint density at radius 2 is 2.04 bits per heavy atom. The lowest BCUT2D eigenvalue weighted by Crippen LogP contribution is -2.27. The zero-order valence-electron chi connectivity index (χ0n) is 14.7. The zero-order chi connectivity index (χ0) is 17.0. The van der Waals surface area contributed by atoms with Crippen LogP contribution in [0.5, 0.6) is 0 Å². The summed E-state index contributed by atoms with van der Waals surface area (Å²) in [5.74, 6) is 3.91. The molecular weight excluding hydrogens is 318 g/mol. The summed E-state index contributed by atoms with van der Waals surface area (Å²) in [4.78, 5) is 12.2. The highest BCUT2D eigenvalue weighted by Gasteiger charge is 2.40. The summed E-state index contributed by atoms with van der Waals surface area (Å²) in [6.45, 7) is 2.63. The maximum atomic E-state index is 5.76. The van der Waals surface area contributed by atoms with Gasteiger partial charge in [0.15, 0.2) is 0 Å². The van der Waals surface area contributed by atoms with E-state index in [0.29, 0.717) is 17.7 Å². The van der Waals surface area contributed by atoms with Gasteiger partial charge in [-0.2, -0.15) is 0 Å². The van der Waals surface area contributed by atoms with E-state index in [-0.39, 0.29) is 12.1 Å². The molecule has 7 heteroatoms. The predicted octanol–water partition coefficient (Wildman–Crippen LogP) is 2.50. The third kappa shape index (κ3) is 2.61. The molecule has 0 bridgehead atoms. The quantitative estimate of drug-likeness (QED) is 0.845. The molecule has 7 nitrogen and oxygen atoms in total. The molecule has 1 aliphatic heterocycles. The van der Waals surface area contributed by atoms with Crippen LogP contribution in [0.3, 0.4) is 0 Å². The minimum absolute atomic E-state index is 0.0257. The maximum absolute atomic E-state index is 5.76. The summed E-state index contributed by atoms with van der Waals surface area (Å²) in [5, 5.41) is 8.30. The van der Waals surface area contributed by atoms with E-state index in [0.717, 1.165) is 43.9 Å². The van der Waals surface area contributed by atoms with Crippen LogP contribution in [0.4, 0.5) is 5.82 Å². The second-order valence-electron chi connectivity index (χ2n) is 7.38. The standard InChI is InChI=1S/C18H23N5O2/c1-10-21-22-18(25-10)15-8-12(24-2)9-23(15)17-13-4-3-5-14(13)19-16(20-17)11-6-7-11/h11-12,15H,3-9H2,1-2H3/t12-,15-/m1/s1. The number of hydrogen-bond acceptors (Lipinski definition) is 7. The van der Waals surface area contributed by atoms with Gasteiger partial charge in [-0.1, -0.05) is 0 Å². The number of rotatable bonds is 4. The van der Waals surface area contributed by atoms with Gasteiger partial charge in [-0.25, -0.2) is 9.97 Å². The van der Waals surface area contributed by atoms with Gasteiger partial charge < -0.3 is 14.1 Å². The Morgan fingerprint density at radius 1 is 1.16 bits per heavy atom. The van der Waals surface area contributed by atoms with E-state index in [1.54, 1.807) is 7.11 Å². The smallest absolute Gasteiger partial charge is 0.238 e. The van der Waals surface area contributed by atoms with Crippen molar-refractivity contribution in [2.45, 2.75) is 63.5 Å². The van der Waals surface area contributed by atoms with Crippen LogP contribution in [0.25, 0.3) is 0 Å². The highest BCUT2D eigenvalue weighted by atomic mass is 16.5. The number of ether oxygens (including phenoxy) is 1. The molecule has 2 aromatic heterocycles. The molecule has 1 saturated heterocycles. The summed E-state index contributed by atoms with van der Waals surface area (Å²) < 4.78 is 11.4.